The zero-order valence-electron chi connectivity index (χ0n) is 12.9. The number of benzene rings is 1. The lowest BCUT2D eigenvalue weighted by atomic mass is 10.2. The van der Waals surface area contributed by atoms with Gasteiger partial charge in [-0.1, -0.05) is 5.16 Å². The topological polar surface area (TPSA) is 92.5 Å². The zero-order valence-corrected chi connectivity index (χ0v) is 13.7. The van der Waals surface area contributed by atoms with Crippen molar-refractivity contribution in [2.45, 2.75) is 30.7 Å². The molecule has 1 aliphatic rings. The van der Waals surface area contributed by atoms with Crippen molar-refractivity contribution in [3.05, 3.63) is 41.8 Å². The van der Waals surface area contributed by atoms with Gasteiger partial charge in [-0.15, -0.1) is 0 Å². The summed E-state index contributed by atoms with van der Waals surface area (Å²) >= 11 is 0. The fourth-order valence-corrected chi connectivity index (χ4v) is 4.32. The Morgan fingerprint density at radius 1 is 1.38 bits per heavy atom. The van der Waals surface area contributed by atoms with Gasteiger partial charge in [-0.3, -0.25) is 10.1 Å². The first-order valence-corrected chi connectivity index (χ1v) is 8.83. The minimum Gasteiger partial charge on any atom is -0.338 e. The minimum absolute atomic E-state index is 0.0425. The Hall–Kier alpha value is -2.26. The summed E-state index contributed by atoms with van der Waals surface area (Å²) in [6.07, 6.45) is 0.966. The Morgan fingerprint density at radius 2 is 2.08 bits per heavy atom. The molecular weight excluding hydrogens is 337 g/mol. The molecule has 2 heterocycles. The highest BCUT2D eigenvalue weighted by atomic mass is 32.2. The van der Waals surface area contributed by atoms with Crippen molar-refractivity contribution >= 4 is 21.8 Å². The van der Waals surface area contributed by atoms with E-state index in [1.165, 1.54) is 12.1 Å². The first-order valence-electron chi connectivity index (χ1n) is 7.39. The Morgan fingerprint density at radius 3 is 2.71 bits per heavy atom. The molecule has 0 radical (unpaired) electrons. The van der Waals surface area contributed by atoms with Gasteiger partial charge in [0.05, 0.1) is 10.6 Å². The van der Waals surface area contributed by atoms with Crippen LogP contribution in [0.1, 0.15) is 18.5 Å². The van der Waals surface area contributed by atoms with Crippen LogP contribution in [0.25, 0.3) is 0 Å². The average molecular weight is 353 g/mol. The van der Waals surface area contributed by atoms with E-state index in [-0.39, 0.29) is 17.3 Å². The van der Waals surface area contributed by atoms with Gasteiger partial charge in [0.1, 0.15) is 11.9 Å². The molecule has 1 atom stereocenters. The molecule has 1 aromatic carbocycles. The first kappa shape index (κ1) is 16.6. The summed E-state index contributed by atoms with van der Waals surface area (Å²) in [4.78, 5) is 12.4. The maximum Gasteiger partial charge on any atom is 0.245 e. The number of amides is 1. The maximum atomic E-state index is 13.0. The van der Waals surface area contributed by atoms with Crippen LogP contribution in [0.4, 0.5) is 10.3 Å². The Kier molecular flexibility index (Phi) is 4.37. The third-order valence-corrected chi connectivity index (χ3v) is 5.72. The lowest BCUT2D eigenvalue weighted by Gasteiger charge is -2.22. The van der Waals surface area contributed by atoms with Gasteiger partial charge in [0.25, 0.3) is 0 Å². The molecule has 1 fully saturated rings. The lowest BCUT2D eigenvalue weighted by Crippen LogP contribution is -2.43. The van der Waals surface area contributed by atoms with E-state index in [2.05, 4.69) is 10.5 Å². The van der Waals surface area contributed by atoms with E-state index in [1.807, 2.05) is 0 Å². The number of rotatable bonds is 4. The van der Waals surface area contributed by atoms with Crippen molar-refractivity contribution in [3.8, 4) is 0 Å². The van der Waals surface area contributed by atoms with Crippen LogP contribution in [0.5, 0.6) is 0 Å². The van der Waals surface area contributed by atoms with Crippen LogP contribution in [-0.4, -0.2) is 36.4 Å². The number of carbonyl (C=O) groups excluding carboxylic acids is 1. The van der Waals surface area contributed by atoms with Crippen LogP contribution in [0.2, 0.25) is 0 Å². The summed E-state index contributed by atoms with van der Waals surface area (Å²) in [5.74, 6) is -0.830. The van der Waals surface area contributed by atoms with Crippen molar-refractivity contribution in [2.75, 3.05) is 11.9 Å². The predicted octanol–water partition coefficient (Wildman–Crippen LogP) is 1.91. The van der Waals surface area contributed by atoms with Gasteiger partial charge < -0.3 is 4.52 Å². The highest BCUT2D eigenvalue weighted by Crippen LogP contribution is 2.27. The van der Waals surface area contributed by atoms with Gasteiger partial charge in [0.2, 0.25) is 21.8 Å². The normalized spacial score (nSPS) is 18.7. The quantitative estimate of drug-likeness (QED) is 0.906. The van der Waals surface area contributed by atoms with E-state index in [4.69, 9.17) is 4.52 Å². The SMILES string of the molecule is Cc1cc(NC(=O)C2CCCN2S(=O)(=O)c2ccc(F)cc2)on1. The molecule has 1 amide bonds. The Bertz CT molecular complexity index is 848. The highest BCUT2D eigenvalue weighted by Gasteiger charge is 2.39. The molecule has 0 saturated carbocycles. The Balaban J connectivity index is 1.81. The standard InChI is InChI=1S/C15H16FN3O4S/c1-10-9-14(23-18-10)17-15(20)13-3-2-8-19(13)24(21,22)12-6-4-11(16)5-7-12/h4-7,9,13H,2-3,8H2,1H3,(H,17,20). The van der Waals surface area contributed by atoms with Crippen LogP contribution in [0.3, 0.4) is 0 Å². The van der Waals surface area contributed by atoms with Crippen LogP contribution in [0, 0.1) is 12.7 Å². The number of anilines is 1. The summed E-state index contributed by atoms with van der Waals surface area (Å²) in [7, 11) is -3.88. The van der Waals surface area contributed by atoms with Gasteiger partial charge in [-0.05, 0) is 44.0 Å². The fraction of sp³-hybridized carbons (Fsp3) is 0.333. The minimum atomic E-state index is -3.88. The second-order valence-electron chi connectivity index (χ2n) is 5.55. The van der Waals surface area contributed by atoms with Gasteiger partial charge >= 0.3 is 0 Å². The van der Waals surface area contributed by atoms with Crippen LogP contribution < -0.4 is 5.32 Å². The molecule has 1 saturated heterocycles. The van der Waals surface area contributed by atoms with Crippen molar-refractivity contribution in [1.82, 2.24) is 9.46 Å². The third-order valence-electron chi connectivity index (χ3n) is 3.80. The van der Waals surface area contributed by atoms with E-state index in [1.54, 1.807) is 13.0 Å². The molecule has 1 N–H and O–H groups in total. The van der Waals surface area contributed by atoms with E-state index >= 15 is 0 Å². The molecule has 24 heavy (non-hydrogen) atoms. The first-order chi connectivity index (χ1) is 11.4. The number of aromatic nitrogens is 1. The molecule has 1 aromatic heterocycles. The number of aryl methyl sites for hydroxylation is 1. The summed E-state index contributed by atoms with van der Waals surface area (Å²) in [6.45, 7) is 1.94. The van der Waals surface area contributed by atoms with Gasteiger partial charge in [-0.25, -0.2) is 12.8 Å². The molecule has 1 unspecified atom stereocenters. The van der Waals surface area contributed by atoms with Crippen molar-refractivity contribution in [2.24, 2.45) is 0 Å². The number of nitrogens with zero attached hydrogens (tertiary/aromatic N) is 2. The number of nitrogens with one attached hydrogen (secondary N) is 1. The van der Waals surface area contributed by atoms with Gasteiger partial charge in [-0.2, -0.15) is 4.31 Å². The second kappa shape index (κ2) is 6.33. The largest absolute Gasteiger partial charge is 0.338 e. The molecule has 2 aromatic rings. The molecule has 0 bridgehead atoms. The van der Waals surface area contributed by atoms with Crippen molar-refractivity contribution in [3.63, 3.8) is 0 Å². The molecule has 0 spiro atoms. The molecule has 7 nitrogen and oxygen atoms in total. The van der Waals surface area contributed by atoms with Gasteiger partial charge in [0, 0.05) is 12.6 Å². The number of sulfonamides is 1. The summed E-state index contributed by atoms with van der Waals surface area (Å²) in [5, 5.41) is 6.20. The second-order valence-corrected chi connectivity index (χ2v) is 7.44. The average Bonchev–Trinajstić information content (AvgIpc) is 3.17. The summed E-state index contributed by atoms with van der Waals surface area (Å²) in [6, 6.07) is 5.25. The van der Waals surface area contributed by atoms with Crippen LogP contribution >= 0.6 is 0 Å². The molecule has 9 heteroatoms. The van der Waals surface area contributed by atoms with Crippen molar-refractivity contribution in [1.29, 1.82) is 0 Å². The van der Waals surface area contributed by atoms with E-state index in [0.29, 0.717) is 18.5 Å². The van der Waals surface area contributed by atoms with E-state index in [0.717, 1.165) is 16.4 Å². The summed E-state index contributed by atoms with van der Waals surface area (Å²) < 4.78 is 44.5. The molecule has 0 aliphatic carbocycles. The number of hydrogen-bond acceptors (Lipinski definition) is 5. The summed E-state index contributed by atoms with van der Waals surface area (Å²) in [5.41, 5.74) is 0.604. The molecule has 3 rings (SSSR count). The molecule has 1 aliphatic heterocycles. The van der Waals surface area contributed by atoms with E-state index in [9.17, 15) is 17.6 Å². The maximum absolute atomic E-state index is 13.0. The van der Waals surface area contributed by atoms with Crippen molar-refractivity contribution < 1.29 is 22.1 Å². The molecule has 128 valence electrons. The number of carbonyl (C=O) groups is 1. The predicted molar refractivity (Wildman–Crippen MR) is 83.2 cm³/mol. The highest BCUT2D eigenvalue weighted by molar-refractivity contribution is 7.89. The van der Waals surface area contributed by atoms with Gasteiger partial charge in [0.15, 0.2) is 0 Å². The lowest BCUT2D eigenvalue weighted by molar-refractivity contribution is -0.119. The zero-order chi connectivity index (χ0) is 17.3. The fourth-order valence-electron chi connectivity index (χ4n) is 2.66. The van der Waals surface area contributed by atoms with Crippen LogP contribution in [0.15, 0.2) is 39.8 Å². The Labute approximate surface area is 138 Å². The monoisotopic (exact) mass is 353 g/mol. The third kappa shape index (κ3) is 3.17. The molecular formula is C15H16FN3O4S. The smallest absolute Gasteiger partial charge is 0.245 e. The number of hydrogen-bond donors (Lipinski definition) is 1. The van der Waals surface area contributed by atoms with E-state index < -0.39 is 27.8 Å². The van der Waals surface area contributed by atoms with Crippen LogP contribution in [-0.2, 0) is 14.8 Å². The number of halogens is 1.